The Hall–Kier alpha value is -1.89. The van der Waals surface area contributed by atoms with Crippen LogP contribution in [0.5, 0.6) is 5.75 Å². The number of methoxy groups -OCH3 is 2. The standard InChI is InChI=1S/C22H34N4O2/c1-18-23-14-21(24-18)17-26(12-13-27-2)15-19-8-10-25(11-9-19)16-20-6-4-5-7-22(20)28-3/h4-7,14,19H,8-13,15-17H2,1-3H3,(H,23,24). The van der Waals surface area contributed by atoms with Gasteiger partial charge in [0.25, 0.3) is 0 Å². The van der Waals surface area contributed by atoms with Crippen molar-refractivity contribution in [3.05, 3.63) is 47.5 Å². The smallest absolute Gasteiger partial charge is 0.123 e. The molecule has 1 aromatic heterocycles. The highest BCUT2D eigenvalue weighted by molar-refractivity contribution is 5.33. The Labute approximate surface area is 168 Å². The van der Waals surface area contributed by atoms with E-state index >= 15 is 0 Å². The first-order valence-electron chi connectivity index (χ1n) is 10.2. The van der Waals surface area contributed by atoms with Crippen molar-refractivity contribution in [2.45, 2.75) is 32.9 Å². The summed E-state index contributed by atoms with van der Waals surface area (Å²) in [4.78, 5) is 12.7. The minimum Gasteiger partial charge on any atom is -0.496 e. The topological polar surface area (TPSA) is 53.6 Å². The first-order chi connectivity index (χ1) is 13.7. The van der Waals surface area contributed by atoms with Gasteiger partial charge in [0.15, 0.2) is 0 Å². The molecule has 0 bridgehead atoms. The summed E-state index contributed by atoms with van der Waals surface area (Å²) in [6.07, 6.45) is 4.42. The van der Waals surface area contributed by atoms with E-state index in [1.54, 1.807) is 14.2 Å². The number of nitrogens with zero attached hydrogens (tertiary/aromatic N) is 3. The van der Waals surface area contributed by atoms with Crippen LogP contribution in [-0.2, 0) is 17.8 Å². The monoisotopic (exact) mass is 386 g/mol. The molecule has 1 saturated heterocycles. The number of likely N-dealkylation sites (tertiary alicyclic amines) is 1. The molecule has 6 nitrogen and oxygen atoms in total. The Kier molecular flexibility index (Phi) is 7.89. The van der Waals surface area contributed by atoms with Crippen LogP contribution in [-0.4, -0.2) is 66.8 Å². The quantitative estimate of drug-likeness (QED) is 0.680. The molecule has 1 aromatic carbocycles. The molecule has 0 unspecified atom stereocenters. The summed E-state index contributed by atoms with van der Waals surface area (Å²) in [7, 11) is 3.52. The molecule has 1 aliphatic heterocycles. The number of para-hydroxylation sites is 1. The molecule has 2 aromatic rings. The van der Waals surface area contributed by atoms with Crippen molar-refractivity contribution in [3.63, 3.8) is 0 Å². The van der Waals surface area contributed by atoms with E-state index in [9.17, 15) is 0 Å². The SMILES string of the molecule is COCCN(Cc1cnc(C)[nH]1)CC1CCN(Cc2ccccc2OC)CC1. The number of piperidine rings is 1. The fraction of sp³-hybridized carbons (Fsp3) is 0.591. The number of aromatic nitrogens is 2. The van der Waals surface area contributed by atoms with Crippen LogP contribution in [0.25, 0.3) is 0 Å². The number of hydrogen-bond donors (Lipinski definition) is 1. The van der Waals surface area contributed by atoms with Crippen LogP contribution in [0, 0.1) is 12.8 Å². The van der Waals surface area contributed by atoms with E-state index in [1.165, 1.54) is 24.1 Å². The average molecular weight is 387 g/mol. The fourth-order valence-corrected chi connectivity index (χ4v) is 4.01. The van der Waals surface area contributed by atoms with Crippen molar-refractivity contribution in [1.82, 2.24) is 19.8 Å². The lowest BCUT2D eigenvalue weighted by molar-refractivity contribution is 0.105. The number of rotatable bonds is 10. The van der Waals surface area contributed by atoms with E-state index in [0.29, 0.717) is 0 Å². The van der Waals surface area contributed by atoms with Gasteiger partial charge in [0.2, 0.25) is 0 Å². The zero-order valence-corrected chi connectivity index (χ0v) is 17.5. The third kappa shape index (κ3) is 6.06. The van der Waals surface area contributed by atoms with Crippen LogP contribution in [0.2, 0.25) is 0 Å². The van der Waals surface area contributed by atoms with Crippen LogP contribution in [0.15, 0.2) is 30.5 Å². The van der Waals surface area contributed by atoms with Crippen LogP contribution in [0.4, 0.5) is 0 Å². The molecular weight excluding hydrogens is 352 g/mol. The predicted octanol–water partition coefficient (Wildman–Crippen LogP) is 3.09. The molecule has 1 N–H and O–H groups in total. The maximum absolute atomic E-state index is 5.50. The van der Waals surface area contributed by atoms with Gasteiger partial charge in [-0.1, -0.05) is 18.2 Å². The summed E-state index contributed by atoms with van der Waals surface area (Å²) in [6.45, 7) is 9.00. The largest absolute Gasteiger partial charge is 0.496 e. The van der Waals surface area contributed by atoms with Gasteiger partial charge in [-0.2, -0.15) is 0 Å². The summed E-state index contributed by atoms with van der Waals surface area (Å²) in [5.41, 5.74) is 2.46. The summed E-state index contributed by atoms with van der Waals surface area (Å²) < 4.78 is 10.8. The van der Waals surface area contributed by atoms with Gasteiger partial charge >= 0.3 is 0 Å². The first-order valence-corrected chi connectivity index (χ1v) is 10.2. The van der Waals surface area contributed by atoms with Crippen molar-refractivity contribution < 1.29 is 9.47 Å². The van der Waals surface area contributed by atoms with Crippen LogP contribution >= 0.6 is 0 Å². The normalized spacial score (nSPS) is 16.0. The molecule has 1 aliphatic rings. The van der Waals surface area contributed by atoms with Gasteiger partial charge < -0.3 is 14.5 Å². The van der Waals surface area contributed by atoms with E-state index in [1.807, 2.05) is 25.3 Å². The second-order valence-corrected chi connectivity index (χ2v) is 7.75. The summed E-state index contributed by atoms with van der Waals surface area (Å²) in [5, 5.41) is 0. The molecule has 0 spiro atoms. The summed E-state index contributed by atoms with van der Waals surface area (Å²) >= 11 is 0. The molecule has 0 atom stereocenters. The fourth-order valence-electron chi connectivity index (χ4n) is 4.01. The second kappa shape index (κ2) is 10.6. The third-order valence-electron chi connectivity index (χ3n) is 5.57. The zero-order valence-electron chi connectivity index (χ0n) is 17.5. The lowest BCUT2D eigenvalue weighted by Gasteiger charge is -2.35. The van der Waals surface area contributed by atoms with Crippen molar-refractivity contribution in [3.8, 4) is 5.75 Å². The Morgan fingerprint density at radius 1 is 1.21 bits per heavy atom. The van der Waals surface area contributed by atoms with E-state index < -0.39 is 0 Å². The Balaban J connectivity index is 1.49. The highest BCUT2D eigenvalue weighted by Crippen LogP contribution is 2.24. The van der Waals surface area contributed by atoms with Crippen molar-refractivity contribution >= 4 is 0 Å². The molecular formula is C22H34N4O2. The number of H-pyrrole nitrogens is 1. The Morgan fingerprint density at radius 3 is 2.68 bits per heavy atom. The molecule has 0 amide bonds. The number of aryl methyl sites for hydroxylation is 1. The van der Waals surface area contributed by atoms with Gasteiger partial charge in [0.1, 0.15) is 11.6 Å². The molecule has 154 valence electrons. The average Bonchev–Trinajstić information content (AvgIpc) is 3.12. The number of ether oxygens (including phenoxy) is 2. The molecule has 6 heteroatoms. The maximum atomic E-state index is 5.50. The summed E-state index contributed by atoms with van der Waals surface area (Å²) in [5.74, 6) is 2.70. The molecule has 0 radical (unpaired) electrons. The van der Waals surface area contributed by atoms with Crippen molar-refractivity contribution in [1.29, 1.82) is 0 Å². The van der Waals surface area contributed by atoms with E-state index in [0.717, 1.165) is 63.4 Å². The molecule has 0 aliphatic carbocycles. The van der Waals surface area contributed by atoms with Gasteiger partial charge in [0.05, 0.1) is 13.7 Å². The highest BCUT2D eigenvalue weighted by Gasteiger charge is 2.22. The number of hydrogen-bond acceptors (Lipinski definition) is 5. The van der Waals surface area contributed by atoms with Gasteiger partial charge in [-0.15, -0.1) is 0 Å². The Bertz CT molecular complexity index is 710. The minimum absolute atomic E-state index is 0.731. The number of nitrogens with one attached hydrogen (secondary N) is 1. The molecule has 28 heavy (non-hydrogen) atoms. The van der Waals surface area contributed by atoms with Gasteiger partial charge in [-0.05, 0) is 44.8 Å². The lowest BCUT2D eigenvalue weighted by atomic mass is 9.95. The van der Waals surface area contributed by atoms with Crippen LogP contribution in [0.1, 0.15) is 29.9 Å². The van der Waals surface area contributed by atoms with Crippen LogP contribution in [0.3, 0.4) is 0 Å². The zero-order chi connectivity index (χ0) is 19.8. The lowest BCUT2D eigenvalue weighted by Crippen LogP contribution is -2.39. The minimum atomic E-state index is 0.731. The molecule has 3 rings (SSSR count). The number of aromatic amines is 1. The van der Waals surface area contributed by atoms with Gasteiger partial charge in [-0.3, -0.25) is 9.80 Å². The molecule has 0 saturated carbocycles. The number of benzene rings is 1. The highest BCUT2D eigenvalue weighted by atomic mass is 16.5. The van der Waals surface area contributed by atoms with Gasteiger partial charge in [0, 0.05) is 50.7 Å². The van der Waals surface area contributed by atoms with Crippen LogP contribution < -0.4 is 4.74 Å². The predicted molar refractivity (Wildman–Crippen MR) is 111 cm³/mol. The third-order valence-corrected chi connectivity index (χ3v) is 5.57. The van der Waals surface area contributed by atoms with Gasteiger partial charge in [-0.25, -0.2) is 4.98 Å². The Morgan fingerprint density at radius 2 is 2.00 bits per heavy atom. The molecule has 2 heterocycles. The second-order valence-electron chi connectivity index (χ2n) is 7.75. The van der Waals surface area contributed by atoms with E-state index in [2.05, 4.69) is 31.9 Å². The molecule has 1 fully saturated rings. The number of imidazole rings is 1. The van der Waals surface area contributed by atoms with Crippen molar-refractivity contribution in [2.75, 3.05) is 47.0 Å². The summed E-state index contributed by atoms with van der Waals surface area (Å²) in [6, 6.07) is 8.34. The van der Waals surface area contributed by atoms with E-state index in [-0.39, 0.29) is 0 Å². The van der Waals surface area contributed by atoms with E-state index in [4.69, 9.17) is 9.47 Å². The maximum Gasteiger partial charge on any atom is 0.123 e. The van der Waals surface area contributed by atoms with Crippen molar-refractivity contribution in [2.24, 2.45) is 5.92 Å². The first kappa shape index (κ1) is 20.8.